The average molecular weight is 423 g/mol. The number of benzene rings is 2. The fraction of sp³-hybridized carbons (Fsp3) is 0.400. The lowest BCUT2D eigenvalue weighted by Crippen LogP contribution is -2.25. The Kier molecular flexibility index (Phi) is 5.22. The molecule has 6 nitrogen and oxygen atoms in total. The van der Waals surface area contributed by atoms with Gasteiger partial charge in [-0.15, -0.1) is 0 Å². The van der Waals surface area contributed by atoms with Gasteiger partial charge in [0.05, 0.1) is 22.0 Å². The SMILES string of the molecule is Cc1c(C)c(C)c(S(=O)(=O)Nc2cccc(N3CCCS3(=O)=O)c2)c(C)c1C. The zero-order valence-corrected chi connectivity index (χ0v) is 18.5. The maximum atomic E-state index is 13.2. The Hall–Kier alpha value is -2.06. The molecule has 0 aliphatic carbocycles. The van der Waals surface area contributed by atoms with Crippen LogP contribution in [0.25, 0.3) is 0 Å². The number of nitrogens with one attached hydrogen (secondary N) is 1. The van der Waals surface area contributed by atoms with Gasteiger partial charge in [0.2, 0.25) is 10.0 Å². The van der Waals surface area contributed by atoms with Crippen LogP contribution >= 0.6 is 0 Å². The number of sulfonamides is 2. The summed E-state index contributed by atoms with van der Waals surface area (Å²) >= 11 is 0. The molecule has 1 aliphatic rings. The number of anilines is 2. The van der Waals surface area contributed by atoms with Crippen LogP contribution in [-0.2, 0) is 20.0 Å². The second-order valence-electron chi connectivity index (χ2n) is 7.35. The quantitative estimate of drug-likeness (QED) is 0.816. The highest BCUT2D eigenvalue weighted by atomic mass is 32.2. The summed E-state index contributed by atoms with van der Waals surface area (Å²) in [7, 11) is -7.15. The normalized spacial score (nSPS) is 16.4. The molecule has 1 aliphatic heterocycles. The summed E-state index contributed by atoms with van der Waals surface area (Å²) in [6.07, 6.45) is 0.568. The van der Waals surface area contributed by atoms with Crippen LogP contribution in [0.5, 0.6) is 0 Å². The first-order valence-electron chi connectivity index (χ1n) is 9.16. The molecule has 8 heteroatoms. The molecule has 1 fully saturated rings. The molecule has 28 heavy (non-hydrogen) atoms. The van der Waals surface area contributed by atoms with Gasteiger partial charge in [-0.3, -0.25) is 9.03 Å². The molecule has 1 heterocycles. The van der Waals surface area contributed by atoms with Crippen molar-refractivity contribution in [2.45, 2.75) is 45.9 Å². The molecule has 0 bridgehead atoms. The third-order valence-corrected chi connectivity index (χ3v) is 9.21. The second-order valence-corrected chi connectivity index (χ2v) is 11.0. The summed E-state index contributed by atoms with van der Waals surface area (Å²) in [6.45, 7) is 9.89. The first kappa shape index (κ1) is 20.7. The number of nitrogens with zero attached hydrogens (tertiary/aromatic N) is 1. The van der Waals surface area contributed by atoms with Crippen molar-refractivity contribution in [2.75, 3.05) is 21.3 Å². The van der Waals surface area contributed by atoms with Crippen molar-refractivity contribution in [3.8, 4) is 0 Å². The highest BCUT2D eigenvalue weighted by Crippen LogP contribution is 2.32. The van der Waals surface area contributed by atoms with Gasteiger partial charge in [-0.25, -0.2) is 16.8 Å². The first-order chi connectivity index (χ1) is 13.0. The van der Waals surface area contributed by atoms with Crippen LogP contribution in [0.4, 0.5) is 11.4 Å². The van der Waals surface area contributed by atoms with Crippen molar-refractivity contribution in [1.29, 1.82) is 0 Å². The molecule has 0 amide bonds. The van der Waals surface area contributed by atoms with Crippen LogP contribution in [0.3, 0.4) is 0 Å². The Balaban J connectivity index is 2.02. The van der Waals surface area contributed by atoms with Crippen LogP contribution in [0.15, 0.2) is 29.2 Å². The maximum absolute atomic E-state index is 13.2. The fourth-order valence-electron chi connectivity index (χ4n) is 3.73. The molecule has 2 aromatic rings. The Labute approximate surface area is 167 Å². The van der Waals surface area contributed by atoms with Crippen molar-refractivity contribution < 1.29 is 16.8 Å². The van der Waals surface area contributed by atoms with E-state index in [0.29, 0.717) is 24.3 Å². The first-order valence-corrected chi connectivity index (χ1v) is 12.2. The highest BCUT2D eigenvalue weighted by molar-refractivity contribution is 7.93. The average Bonchev–Trinajstić information content (AvgIpc) is 2.97. The third-order valence-electron chi connectivity index (χ3n) is 5.69. The Morgan fingerprint density at radius 3 is 2.04 bits per heavy atom. The van der Waals surface area contributed by atoms with Crippen molar-refractivity contribution in [3.05, 3.63) is 52.1 Å². The molecule has 1 saturated heterocycles. The lowest BCUT2D eigenvalue weighted by atomic mass is 9.95. The number of hydrogen-bond acceptors (Lipinski definition) is 4. The zero-order chi connectivity index (χ0) is 20.9. The van der Waals surface area contributed by atoms with Gasteiger partial charge in [-0.05, 0) is 87.1 Å². The Morgan fingerprint density at radius 1 is 0.929 bits per heavy atom. The Morgan fingerprint density at radius 2 is 1.50 bits per heavy atom. The van der Waals surface area contributed by atoms with Gasteiger partial charge in [-0.1, -0.05) is 6.07 Å². The molecule has 152 valence electrons. The number of rotatable bonds is 4. The van der Waals surface area contributed by atoms with Gasteiger partial charge in [0.15, 0.2) is 0 Å². The molecule has 0 radical (unpaired) electrons. The van der Waals surface area contributed by atoms with Crippen molar-refractivity contribution in [2.24, 2.45) is 0 Å². The summed E-state index contributed by atoms with van der Waals surface area (Å²) in [5.41, 5.74) is 5.28. The van der Waals surface area contributed by atoms with E-state index in [1.54, 1.807) is 24.3 Å². The second kappa shape index (κ2) is 7.08. The molecule has 0 unspecified atom stereocenters. The van der Waals surface area contributed by atoms with Crippen molar-refractivity contribution in [3.63, 3.8) is 0 Å². The minimum absolute atomic E-state index is 0.114. The molecular formula is C20H26N2O4S2. The maximum Gasteiger partial charge on any atom is 0.262 e. The van der Waals surface area contributed by atoms with Crippen LogP contribution in [0.2, 0.25) is 0 Å². The Bertz CT molecular complexity index is 1120. The van der Waals surface area contributed by atoms with Crippen LogP contribution in [0, 0.1) is 34.6 Å². The molecule has 0 saturated carbocycles. The van der Waals surface area contributed by atoms with Gasteiger partial charge >= 0.3 is 0 Å². The largest absolute Gasteiger partial charge is 0.280 e. The lowest BCUT2D eigenvalue weighted by Gasteiger charge is -2.20. The monoisotopic (exact) mass is 422 g/mol. The molecular weight excluding hydrogens is 396 g/mol. The molecule has 0 spiro atoms. The molecule has 2 aromatic carbocycles. The van der Waals surface area contributed by atoms with Crippen LogP contribution in [-0.4, -0.2) is 29.1 Å². The van der Waals surface area contributed by atoms with Gasteiger partial charge < -0.3 is 0 Å². The van der Waals surface area contributed by atoms with E-state index in [1.165, 1.54) is 4.31 Å². The topological polar surface area (TPSA) is 83.6 Å². The fourth-order valence-corrected chi connectivity index (χ4v) is 6.94. The van der Waals surface area contributed by atoms with Crippen molar-refractivity contribution in [1.82, 2.24) is 0 Å². The van der Waals surface area contributed by atoms with Crippen LogP contribution in [0.1, 0.15) is 34.2 Å². The minimum Gasteiger partial charge on any atom is -0.280 e. The van der Waals surface area contributed by atoms with Crippen molar-refractivity contribution >= 4 is 31.4 Å². The minimum atomic E-state index is -3.82. The van der Waals surface area contributed by atoms with Gasteiger partial charge in [-0.2, -0.15) is 0 Å². The predicted molar refractivity (Wildman–Crippen MR) is 113 cm³/mol. The highest BCUT2D eigenvalue weighted by Gasteiger charge is 2.29. The van der Waals surface area contributed by atoms with Gasteiger partial charge in [0.25, 0.3) is 10.0 Å². The smallest absolute Gasteiger partial charge is 0.262 e. The van der Waals surface area contributed by atoms with E-state index in [2.05, 4.69) is 4.72 Å². The summed E-state index contributed by atoms with van der Waals surface area (Å²) in [5.74, 6) is 0.114. The lowest BCUT2D eigenvalue weighted by molar-refractivity contribution is 0.598. The van der Waals surface area contributed by atoms with E-state index in [9.17, 15) is 16.8 Å². The zero-order valence-electron chi connectivity index (χ0n) is 16.8. The molecule has 3 rings (SSSR count). The summed E-state index contributed by atoms with van der Waals surface area (Å²) < 4.78 is 54.6. The summed E-state index contributed by atoms with van der Waals surface area (Å²) in [5, 5.41) is 0. The third kappa shape index (κ3) is 3.51. The van der Waals surface area contributed by atoms with E-state index in [4.69, 9.17) is 0 Å². The molecule has 1 N–H and O–H groups in total. The van der Waals surface area contributed by atoms with Gasteiger partial charge in [0.1, 0.15) is 0 Å². The predicted octanol–water partition coefficient (Wildman–Crippen LogP) is 3.57. The summed E-state index contributed by atoms with van der Waals surface area (Å²) in [4.78, 5) is 0.285. The standard InChI is InChI=1S/C20H26N2O4S2/c1-13-14(2)16(4)20(17(5)15(13)3)28(25,26)21-18-8-6-9-19(12-18)22-10-7-11-27(22,23)24/h6,8-9,12,21H,7,10-11H2,1-5H3. The number of hydrogen-bond donors (Lipinski definition) is 1. The summed E-state index contributed by atoms with van der Waals surface area (Å²) in [6, 6.07) is 6.53. The van der Waals surface area contributed by atoms with E-state index in [-0.39, 0.29) is 10.6 Å². The molecule has 0 aromatic heterocycles. The van der Waals surface area contributed by atoms with Gasteiger partial charge in [0, 0.05) is 6.54 Å². The molecule has 0 atom stereocenters. The van der Waals surface area contributed by atoms with E-state index in [1.807, 2.05) is 34.6 Å². The van der Waals surface area contributed by atoms with E-state index >= 15 is 0 Å². The van der Waals surface area contributed by atoms with E-state index in [0.717, 1.165) is 27.8 Å². The van der Waals surface area contributed by atoms with Crippen LogP contribution < -0.4 is 9.03 Å². The van der Waals surface area contributed by atoms with E-state index < -0.39 is 20.0 Å².